The number of piperazine rings is 1. The van der Waals surface area contributed by atoms with Crippen LogP contribution in [-0.2, 0) is 0 Å². The van der Waals surface area contributed by atoms with Crippen molar-refractivity contribution < 1.29 is 0 Å². The molecule has 1 aliphatic heterocycles. The summed E-state index contributed by atoms with van der Waals surface area (Å²) in [4.78, 5) is 6.73. The fourth-order valence-electron chi connectivity index (χ4n) is 1.66. The molecule has 4 heteroatoms. The predicted molar refractivity (Wildman–Crippen MR) is 65.2 cm³/mol. The van der Waals surface area contributed by atoms with Gasteiger partial charge in [-0.1, -0.05) is 0 Å². The number of unbranched alkanes of at least 4 members (excludes halogenated alkanes) is 1. The van der Waals surface area contributed by atoms with E-state index in [1.165, 1.54) is 38.7 Å². The predicted octanol–water partition coefficient (Wildman–Crippen LogP) is 0.215. The second kappa shape index (κ2) is 8.44. The van der Waals surface area contributed by atoms with Gasteiger partial charge in [-0.3, -0.25) is 4.99 Å². The van der Waals surface area contributed by atoms with Gasteiger partial charge in [-0.15, -0.1) is 0 Å². The molecule has 0 atom stereocenters. The Hall–Kier alpha value is -0.870. The van der Waals surface area contributed by atoms with Crippen LogP contribution in [0.1, 0.15) is 12.8 Å². The van der Waals surface area contributed by atoms with E-state index in [0.29, 0.717) is 0 Å². The number of hydrogen-bond acceptors (Lipinski definition) is 4. The summed E-state index contributed by atoms with van der Waals surface area (Å²) in [6.45, 7) is 6.79. The molecule has 0 radical (unpaired) electrons. The summed E-state index contributed by atoms with van der Waals surface area (Å²) in [6, 6.07) is 0. The Labute approximate surface area is 92.2 Å². The molecule has 1 aliphatic rings. The van der Waals surface area contributed by atoms with Crippen molar-refractivity contribution in [2.24, 2.45) is 10.7 Å². The van der Waals surface area contributed by atoms with Gasteiger partial charge in [-0.25, -0.2) is 0 Å². The summed E-state index contributed by atoms with van der Waals surface area (Å²) in [5.41, 5.74) is 5.18. The first kappa shape index (κ1) is 12.2. The standard InChI is InChI=1S/C11H22N4/c12-4-3-6-13-5-1-2-9-15-10-7-14-8-11-15/h3-4,6,14H,1-2,5,7-12H2. The highest BCUT2D eigenvalue weighted by atomic mass is 15.2. The molecule has 1 fully saturated rings. The lowest BCUT2D eigenvalue weighted by molar-refractivity contribution is 0.237. The van der Waals surface area contributed by atoms with E-state index in [0.717, 1.165) is 19.6 Å². The molecule has 1 heterocycles. The quantitative estimate of drug-likeness (QED) is 0.487. The fraction of sp³-hybridized carbons (Fsp3) is 0.727. The van der Waals surface area contributed by atoms with Crippen molar-refractivity contribution >= 4 is 6.21 Å². The van der Waals surface area contributed by atoms with Crippen molar-refractivity contribution in [1.82, 2.24) is 10.2 Å². The van der Waals surface area contributed by atoms with Gasteiger partial charge in [0.1, 0.15) is 0 Å². The van der Waals surface area contributed by atoms with Crippen LogP contribution in [0.3, 0.4) is 0 Å². The average molecular weight is 210 g/mol. The van der Waals surface area contributed by atoms with E-state index in [1.807, 2.05) is 0 Å². The molecule has 0 aliphatic carbocycles. The Morgan fingerprint density at radius 3 is 2.80 bits per heavy atom. The summed E-state index contributed by atoms with van der Waals surface area (Å²) in [7, 11) is 0. The van der Waals surface area contributed by atoms with E-state index < -0.39 is 0 Å². The number of nitrogens with zero attached hydrogens (tertiary/aromatic N) is 2. The molecule has 0 aromatic heterocycles. The topological polar surface area (TPSA) is 53.6 Å². The number of nitrogens with two attached hydrogens (primary N) is 1. The minimum Gasteiger partial charge on any atom is -0.405 e. The summed E-state index contributed by atoms with van der Waals surface area (Å²) in [5.74, 6) is 0. The number of aliphatic imine (C=N–C) groups is 1. The van der Waals surface area contributed by atoms with Crippen molar-refractivity contribution in [3.05, 3.63) is 12.3 Å². The van der Waals surface area contributed by atoms with Gasteiger partial charge in [0.25, 0.3) is 0 Å². The number of nitrogens with one attached hydrogen (secondary N) is 1. The summed E-state index contributed by atoms with van der Waals surface area (Å²) in [5, 5.41) is 3.35. The molecule has 0 aromatic rings. The maximum absolute atomic E-state index is 5.18. The van der Waals surface area contributed by atoms with E-state index in [9.17, 15) is 0 Å². The fourth-order valence-corrected chi connectivity index (χ4v) is 1.66. The van der Waals surface area contributed by atoms with E-state index in [1.54, 1.807) is 12.3 Å². The first-order chi connectivity index (χ1) is 7.43. The Balaban J connectivity index is 1.91. The minimum atomic E-state index is 0.913. The third-order valence-corrected chi connectivity index (χ3v) is 2.52. The van der Waals surface area contributed by atoms with Crippen molar-refractivity contribution in [3.63, 3.8) is 0 Å². The van der Waals surface area contributed by atoms with Gasteiger partial charge in [0.05, 0.1) is 0 Å². The van der Waals surface area contributed by atoms with Crippen LogP contribution in [0.5, 0.6) is 0 Å². The molecule has 0 bridgehead atoms. The van der Waals surface area contributed by atoms with Crippen LogP contribution in [-0.4, -0.2) is 50.4 Å². The van der Waals surface area contributed by atoms with Crippen LogP contribution in [0.4, 0.5) is 0 Å². The third-order valence-electron chi connectivity index (χ3n) is 2.52. The van der Waals surface area contributed by atoms with E-state index in [4.69, 9.17) is 5.73 Å². The second-order valence-corrected chi connectivity index (χ2v) is 3.74. The van der Waals surface area contributed by atoms with Gasteiger partial charge >= 0.3 is 0 Å². The molecule has 0 aromatic carbocycles. The Morgan fingerprint density at radius 1 is 1.27 bits per heavy atom. The number of rotatable bonds is 6. The van der Waals surface area contributed by atoms with Crippen LogP contribution in [0.15, 0.2) is 17.3 Å². The molecular formula is C11H22N4. The van der Waals surface area contributed by atoms with Crippen LogP contribution >= 0.6 is 0 Å². The molecule has 0 spiro atoms. The molecule has 0 saturated carbocycles. The normalized spacial score (nSPS) is 19.2. The zero-order valence-electron chi connectivity index (χ0n) is 9.36. The highest BCUT2D eigenvalue weighted by Crippen LogP contribution is 1.97. The Morgan fingerprint density at radius 2 is 2.07 bits per heavy atom. The van der Waals surface area contributed by atoms with Gasteiger partial charge in [0, 0.05) is 38.9 Å². The smallest absolute Gasteiger partial charge is 0.0389 e. The molecule has 1 saturated heterocycles. The van der Waals surface area contributed by atoms with Gasteiger partial charge in [0.2, 0.25) is 0 Å². The molecule has 15 heavy (non-hydrogen) atoms. The summed E-state index contributed by atoms with van der Waals surface area (Å²) in [6.07, 6.45) is 7.44. The minimum absolute atomic E-state index is 0.913. The zero-order chi connectivity index (χ0) is 10.8. The summed E-state index contributed by atoms with van der Waals surface area (Å²) < 4.78 is 0. The molecule has 1 rings (SSSR count). The lowest BCUT2D eigenvalue weighted by Gasteiger charge is -2.26. The molecule has 86 valence electrons. The number of allylic oxidation sites excluding steroid dienone is 1. The van der Waals surface area contributed by atoms with Crippen LogP contribution in [0, 0.1) is 0 Å². The number of hydrogen-bond donors (Lipinski definition) is 2. The molecule has 0 amide bonds. The molecular weight excluding hydrogens is 188 g/mol. The Kier molecular flexibility index (Phi) is 6.86. The lowest BCUT2D eigenvalue weighted by Crippen LogP contribution is -2.43. The van der Waals surface area contributed by atoms with Gasteiger partial charge < -0.3 is 16.0 Å². The third kappa shape index (κ3) is 6.25. The molecule has 0 unspecified atom stereocenters. The lowest BCUT2D eigenvalue weighted by atomic mass is 10.2. The monoisotopic (exact) mass is 210 g/mol. The molecule has 3 N–H and O–H groups in total. The highest BCUT2D eigenvalue weighted by molar-refractivity contribution is 5.70. The van der Waals surface area contributed by atoms with Crippen molar-refractivity contribution in [2.45, 2.75) is 12.8 Å². The van der Waals surface area contributed by atoms with Gasteiger partial charge in [-0.2, -0.15) is 0 Å². The van der Waals surface area contributed by atoms with Gasteiger partial charge in [0.15, 0.2) is 0 Å². The van der Waals surface area contributed by atoms with Crippen molar-refractivity contribution in [1.29, 1.82) is 0 Å². The SMILES string of the molecule is NC=CC=NCCCCN1CCNCC1. The maximum Gasteiger partial charge on any atom is 0.0389 e. The molecule has 4 nitrogen and oxygen atoms in total. The van der Waals surface area contributed by atoms with Gasteiger partial charge in [-0.05, 0) is 31.7 Å². The van der Waals surface area contributed by atoms with Crippen LogP contribution in [0.25, 0.3) is 0 Å². The largest absolute Gasteiger partial charge is 0.405 e. The van der Waals surface area contributed by atoms with E-state index >= 15 is 0 Å². The van der Waals surface area contributed by atoms with Crippen molar-refractivity contribution in [2.75, 3.05) is 39.3 Å². The maximum atomic E-state index is 5.18. The zero-order valence-corrected chi connectivity index (χ0v) is 9.36. The van der Waals surface area contributed by atoms with Crippen LogP contribution < -0.4 is 11.1 Å². The average Bonchev–Trinajstić information content (AvgIpc) is 2.29. The first-order valence-corrected chi connectivity index (χ1v) is 5.73. The van der Waals surface area contributed by atoms with Crippen LogP contribution in [0.2, 0.25) is 0 Å². The van der Waals surface area contributed by atoms with E-state index in [2.05, 4.69) is 15.2 Å². The second-order valence-electron chi connectivity index (χ2n) is 3.74. The van der Waals surface area contributed by atoms with E-state index in [-0.39, 0.29) is 0 Å². The van der Waals surface area contributed by atoms with Crippen molar-refractivity contribution in [3.8, 4) is 0 Å². The first-order valence-electron chi connectivity index (χ1n) is 5.73. The highest BCUT2D eigenvalue weighted by Gasteiger charge is 2.07. The summed E-state index contributed by atoms with van der Waals surface area (Å²) >= 11 is 0. The Bertz CT molecular complexity index is 195.